The Morgan fingerprint density at radius 2 is 1.67 bits per heavy atom. The van der Waals surface area contributed by atoms with Crippen molar-refractivity contribution in [1.29, 1.82) is 0 Å². The largest absolute Gasteiger partial charge is 0.306 e. The molecular formula is C15H15FIN. The van der Waals surface area contributed by atoms with Gasteiger partial charge in [0.2, 0.25) is 0 Å². The van der Waals surface area contributed by atoms with Crippen molar-refractivity contribution in [2.45, 2.75) is 19.5 Å². The summed E-state index contributed by atoms with van der Waals surface area (Å²) in [5, 5.41) is 3.43. The molecule has 3 heteroatoms. The first-order valence-corrected chi connectivity index (χ1v) is 6.96. The quantitative estimate of drug-likeness (QED) is 0.808. The summed E-state index contributed by atoms with van der Waals surface area (Å²) in [6.45, 7) is 2.90. The smallest absolute Gasteiger partial charge is 0.123 e. The summed E-state index contributed by atoms with van der Waals surface area (Å²) in [4.78, 5) is 0. The lowest BCUT2D eigenvalue weighted by molar-refractivity contribution is 0.571. The van der Waals surface area contributed by atoms with Crippen molar-refractivity contribution in [3.63, 3.8) is 0 Å². The number of nitrogens with one attached hydrogen (secondary N) is 1. The van der Waals surface area contributed by atoms with Gasteiger partial charge in [0, 0.05) is 16.2 Å². The number of halogens is 2. The molecule has 0 radical (unpaired) electrons. The van der Waals surface area contributed by atoms with Crippen molar-refractivity contribution in [2.24, 2.45) is 0 Å². The van der Waals surface area contributed by atoms with Gasteiger partial charge in [-0.25, -0.2) is 4.39 Å². The molecule has 0 aliphatic rings. The van der Waals surface area contributed by atoms with Crippen LogP contribution in [0.3, 0.4) is 0 Å². The van der Waals surface area contributed by atoms with Crippen LogP contribution in [0.4, 0.5) is 4.39 Å². The van der Waals surface area contributed by atoms with Gasteiger partial charge in [0.15, 0.2) is 0 Å². The van der Waals surface area contributed by atoms with Crippen molar-refractivity contribution >= 4 is 22.6 Å². The average molecular weight is 355 g/mol. The highest BCUT2D eigenvalue weighted by atomic mass is 127. The fourth-order valence-electron chi connectivity index (χ4n) is 1.74. The third kappa shape index (κ3) is 3.78. The molecule has 0 heterocycles. The Morgan fingerprint density at radius 1 is 1.06 bits per heavy atom. The van der Waals surface area contributed by atoms with E-state index >= 15 is 0 Å². The van der Waals surface area contributed by atoms with Gasteiger partial charge in [-0.15, -0.1) is 0 Å². The second-order valence-corrected chi connectivity index (χ2v) is 5.53. The van der Waals surface area contributed by atoms with Crippen LogP contribution >= 0.6 is 22.6 Å². The zero-order chi connectivity index (χ0) is 13.0. The van der Waals surface area contributed by atoms with E-state index in [2.05, 4.69) is 59.1 Å². The van der Waals surface area contributed by atoms with Crippen molar-refractivity contribution in [3.8, 4) is 0 Å². The molecule has 1 unspecified atom stereocenters. The average Bonchev–Trinajstić information content (AvgIpc) is 2.38. The summed E-state index contributed by atoms with van der Waals surface area (Å²) in [6, 6.07) is 15.3. The maximum Gasteiger partial charge on any atom is 0.123 e. The van der Waals surface area contributed by atoms with E-state index in [0.29, 0.717) is 0 Å². The van der Waals surface area contributed by atoms with Gasteiger partial charge in [0.1, 0.15) is 5.82 Å². The van der Waals surface area contributed by atoms with Gasteiger partial charge in [-0.1, -0.05) is 24.3 Å². The summed E-state index contributed by atoms with van der Waals surface area (Å²) in [7, 11) is 0. The third-order valence-corrected chi connectivity index (χ3v) is 3.61. The normalized spacial score (nSPS) is 12.4. The molecule has 0 saturated carbocycles. The topological polar surface area (TPSA) is 12.0 Å². The minimum Gasteiger partial charge on any atom is -0.306 e. The van der Waals surface area contributed by atoms with E-state index < -0.39 is 0 Å². The Labute approximate surface area is 121 Å². The van der Waals surface area contributed by atoms with Gasteiger partial charge < -0.3 is 5.32 Å². The number of benzene rings is 2. The second kappa shape index (κ2) is 6.29. The van der Waals surface area contributed by atoms with Gasteiger partial charge >= 0.3 is 0 Å². The van der Waals surface area contributed by atoms with Gasteiger partial charge in [-0.05, 0) is 64.9 Å². The van der Waals surface area contributed by atoms with E-state index in [1.807, 2.05) is 12.1 Å². The molecule has 0 fully saturated rings. The van der Waals surface area contributed by atoms with Crippen LogP contribution in [0.2, 0.25) is 0 Å². The van der Waals surface area contributed by atoms with Crippen LogP contribution in [0.1, 0.15) is 24.1 Å². The molecule has 0 aliphatic carbocycles. The van der Waals surface area contributed by atoms with Crippen LogP contribution in [0, 0.1) is 9.39 Å². The van der Waals surface area contributed by atoms with Crippen molar-refractivity contribution in [2.75, 3.05) is 0 Å². The molecule has 18 heavy (non-hydrogen) atoms. The first kappa shape index (κ1) is 13.5. The lowest BCUT2D eigenvalue weighted by Crippen LogP contribution is -2.18. The van der Waals surface area contributed by atoms with E-state index in [4.69, 9.17) is 0 Å². The van der Waals surface area contributed by atoms with Crippen LogP contribution in [0.25, 0.3) is 0 Å². The van der Waals surface area contributed by atoms with Crippen LogP contribution in [-0.4, -0.2) is 0 Å². The Kier molecular flexibility index (Phi) is 4.72. The van der Waals surface area contributed by atoms with Crippen LogP contribution in [0.15, 0.2) is 48.5 Å². The zero-order valence-electron chi connectivity index (χ0n) is 10.2. The number of rotatable bonds is 4. The second-order valence-electron chi connectivity index (χ2n) is 4.28. The highest BCUT2D eigenvalue weighted by Gasteiger charge is 2.04. The predicted octanol–water partition coefficient (Wildman–Crippen LogP) is 4.28. The fraction of sp³-hybridized carbons (Fsp3) is 0.200. The van der Waals surface area contributed by atoms with Crippen molar-refractivity contribution in [3.05, 3.63) is 69.0 Å². The summed E-state index contributed by atoms with van der Waals surface area (Å²) in [6.07, 6.45) is 0. The molecule has 1 N–H and O–H groups in total. The maximum atomic E-state index is 12.8. The highest BCUT2D eigenvalue weighted by Crippen LogP contribution is 2.14. The summed E-state index contributed by atoms with van der Waals surface area (Å²) in [5.41, 5.74) is 2.35. The Balaban J connectivity index is 1.93. The van der Waals surface area contributed by atoms with Gasteiger partial charge in [0.05, 0.1) is 0 Å². The third-order valence-electron chi connectivity index (χ3n) is 2.90. The summed E-state index contributed by atoms with van der Waals surface area (Å²) >= 11 is 2.29. The predicted molar refractivity (Wildman–Crippen MR) is 80.8 cm³/mol. The molecule has 0 amide bonds. The van der Waals surface area contributed by atoms with E-state index in [-0.39, 0.29) is 11.9 Å². The highest BCUT2D eigenvalue weighted by molar-refractivity contribution is 14.1. The lowest BCUT2D eigenvalue weighted by Gasteiger charge is -2.14. The molecule has 0 aliphatic heterocycles. The molecule has 1 nitrogen and oxygen atoms in total. The molecule has 0 saturated heterocycles. The molecule has 2 aromatic carbocycles. The van der Waals surface area contributed by atoms with Crippen LogP contribution in [-0.2, 0) is 6.54 Å². The van der Waals surface area contributed by atoms with Crippen molar-refractivity contribution < 1.29 is 4.39 Å². The van der Waals surface area contributed by atoms with Crippen LogP contribution in [0.5, 0.6) is 0 Å². The van der Waals surface area contributed by atoms with Crippen LogP contribution < -0.4 is 5.32 Å². The van der Waals surface area contributed by atoms with Gasteiger partial charge in [0.25, 0.3) is 0 Å². The maximum absolute atomic E-state index is 12.8. The minimum atomic E-state index is -0.191. The first-order chi connectivity index (χ1) is 8.65. The Bertz CT molecular complexity index is 493. The van der Waals surface area contributed by atoms with E-state index in [1.165, 1.54) is 21.3 Å². The SMILES string of the molecule is CC(NCc1ccc(I)cc1)c1ccc(F)cc1. The molecule has 0 spiro atoms. The van der Waals surface area contributed by atoms with Crippen molar-refractivity contribution in [1.82, 2.24) is 5.32 Å². The minimum absolute atomic E-state index is 0.191. The Hall–Kier alpha value is -0.940. The summed E-state index contributed by atoms with van der Waals surface area (Å²) < 4.78 is 14.1. The fourth-order valence-corrected chi connectivity index (χ4v) is 2.10. The summed E-state index contributed by atoms with van der Waals surface area (Å²) in [5.74, 6) is -0.191. The molecule has 2 rings (SSSR count). The monoisotopic (exact) mass is 355 g/mol. The molecule has 0 aromatic heterocycles. The standard InChI is InChI=1S/C15H15FIN/c1-11(13-4-6-14(16)7-5-13)18-10-12-2-8-15(17)9-3-12/h2-9,11,18H,10H2,1H3. The lowest BCUT2D eigenvalue weighted by atomic mass is 10.1. The molecule has 2 aromatic rings. The number of hydrogen-bond acceptors (Lipinski definition) is 1. The molecule has 0 bridgehead atoms. The number of hydrogen-bond donors (Lipinski definition) is 1. The van der Waals surface area contributed by atoms with Gasteiger partial charge in [-0.2, -0.15) is 0 Å². The van der Waals surface area contributed by atoms with E-state index in [9.17, 15) is 4.39 Å². The van der Waals surface area contributed by atoms with E-state index in [0.717, 1.165) is 12.1 Å². The molecular weight excluding hydrogens is 340 g/mol. The molecule has 94 valence electrons. The van der Waals surface area contributed by atoms with E-state index in [1.54, 1.807) is 0 Å². The first-order valence-electron chi connectivity index (χ1n) is 5.88. The zero-order valence-corrected chi connectivity index (χ0v) is 12.3. The Morgan fingerprint density at radius 3 is 2.28 bits per heavy atom. The molecule has 1 atom stereocenters. The van der Waals surface area contributed by atoms with Gasteiger partial charge in [-0.3, -0.25) is 0 Å².